The monoisotopic (exact) mass is 287 g/mol. The number of nitrogens with zero attached hydrogens (tertiary/aromatic N) is 2. The van der Waals surface area contributed by atoms with Crippen LogP contribution in [-0.2, 0) is 13.1 Å². The molecule has 1 saturated carbocycles. The minimum atomic E-state index is 0.757. The third kappa shape index (κ3) is 4.79. The van der Waals surface area contributed by atoms with Crippen molar-refractivity contribution in [3.8, 4) is 0 Å². The van der Waals surface area contributed by atoms with E-state index in [0.717, 1.165) is 25.0 Å². The van der Waals surface area contributed by atoms with Crippen molar-refractivity contribution in [3.63, 3.8) is 0 Å². The van der Waals surface area contributed by atoms with Gasteiger partial charge in [0.05, 0.1) is 11.4 Å². The van der Waals surface area contributed by atoms with Crippen molar-refractivity contribution in [2.45, 2.75) is 64.6 Å². The molecule has 1 aromatic rings. The molecule has 2 heterocycles. The Hall–Kier alpha value is -0.930. The van der Waals surface area contributed by atoms with Crippen LogP contribution >= 0.6 is 0 Å². The average Bonchev–Trinajstić information content (AvgIpc) is 3.32. The molecule has 3 nitrogen and oxygen atoms in total. The number of rotatable bonds is 7. The van der Waals surface area contributed by atoms with Crippen molar-refractivity contribution in [3.05, 3.63) is 29.6 Å². The smallest absolute Gasteiger partial charge is 0.0547 e. The van der Waals surface area contributed by atoms with Crippen molar-refractivity contribution in [2.75, 3.05) is 13.1 Å². The van der Waals surface area contributed by atoms with E-state index < -0.39 is 0 Å². The van der Waals surface area contributed by atoms with Crippen LogP contribution in [0.25, 0.3) is 0 Å². The van der Waals surface area contributed by atoms with Gasteiger partial charge in [-0.05, 0) is 56.8 Å². The second-order valence-corrected chi connectivity index (χ2v) is 6.78. The van der Waals surface area contributed by atoms with Crippen molar-refractivity contribution >= 4 is 0 Å². The summed E-state index contributed by atoms with van der Waals surface area (Å²) >= 11 is 0. The Morgan fingerprint density at radius 2 is 1.90 bits per heavy atom. The minimum absolute atomic E-state index is 0.757. The molecule has 1 N–H and O–H groups in total. The number of nitrogens with one attached hydrogen (secondary N) is 1. The predicted octanol–water partition coefficient (Wildman–Crippen LogP) is 3.35. The van der Waals surface area contributed by atoms with Gasteiger partial charge in [0, 0.05) is 19.1 Å². The Morgan fingerprint density at radius 1 is 1.14 bits per heavy atom. The summed E-state index contributed by atoms with van der Waals surface area (Å²) in [5.74, 6) is 0.966. The van der Waals surface area contributed by atoms with Gasteiger partial charge in [-0.25, -0.2) is 0 Å². The van der Waals surface area contributed by atoms with Crippen molar-refractivity contribution < 1.29 is 0 Å². The molecule has 1 saturated heterocycles. The van der Waals surface area contributed by atoms with Crippen LogP contribution in [0.15, 0.2) is 18.2 Å². The first-order chi connectivity index (χ1) is 10.3. The molecule has 1 aromatic heterocycles. The molecule has 0 spiro atoms. The highest BCUT2D eigenvalue weighted by Gasteiger charge is 2.21. The molecule has 1 aliphatic heterocycles. The molecule has 3 rings (SSSR count). The van der Waals surface area contributed by atoms with Gasteiger partial charge < -0.3 is 5.32 Å². The lowest BCUT2D eigenvalue weighted by Gasteiger charge is -2.31. The van der Waals surface area contributed by atoms with Gasteiger partial charge in [-0.15, -0.1) is 0 Å². The topological polar surface area (TPSA) is 28.2 Å². The van der Waals surface area contributed by atoms with E-state index in [1.54, 1.807) is 0 Å². The lowest BCUT2D eigenvalue weighted by Crippen LogP contribution is -2.33. The summed E-state index contributed by atoms with van der Waals surface area (Å²) in [6.07, 6.45) is 8.17. The first-order valence-corrected chi connectivity index (χ1v) is 8.74. The fourth-order valence-electron chi connectivity index (χ4n) is 3.32. The molecular weight excluding hydrogens is 258 g/mol. The summed E-state index contributed by atoms with van der Waals surface area (Å²) < 4.78 is 0. The van der Waals surface area contributed by atoms with Gasteiger partial charge >= 0.3 is 0 Å². The Labute approximate surface area is 129 Å². The number of piperidine rings is 1. The van der Waals surface area contributed by atoms with Crippen molar-refractivity contribution in [1.82, 2.24) is 15.2 Å². The van der Waals surface area contributed by atoms with Crippen LogP contribution in [0.2, 0.25) is 0 Å². The molecule has 2 aliphatic rings. The van der Waals surface area contributed by atoms with Gasteiger partial charge in [0.1, 0.15) is 0 Å². The zero-order valence-electron chi connectivity index (χ0n) is 13.4. The lowest BCUT2D eigenvalue weighted by atomic mass is 9.92. The molecule has 0 unspecified atom stereocenters. The highest BCUT2D eigenvalue weighted by molar-refractivity contribution is 5.11. The van der Waals surface area contributed by atoms with Crippen LogP contribution in [0.1, 0.15) is 56.8 Å². The van der Waals surface area contributed by atoms with E-state index in [9.17, 15) is 0 Å². The standard InChI is InChI=1S/C18H29N3/c1-2-4-15-9-11-21(12-10-15)14-18-6-3-5-17(20-18)13-19-16-7-8-16/h3,5-6,15-16,19H,2,4,7-14H2,1H3. The largest absolute Gasteiger partial charge is 0.308 e. The average molecular weight is 287 g/mol. The third-order valence-corrected chi connectivity index (χ3v) is 4.80. The summed E-state index contributed by atoms with van der Waals surface area (Å²) in [5, 5.41) is 3.55. The Kier molecular flexibility index (Phi) is 5.26. The van der Waals surface area contributed by atoms with E-state index in [2.05, 4.69) is 35.3 Å². The maximum absolute atomic E-state index is 4.82. The molecular formula is C18H29N3. The van der Waals surface area contributed by atoms with Crippen LogP contribution in [-0.4, -0.2) is 29.0 Å². The summed E-state index contributed by atoms with van der Waals surface area (Å²) in [5.41, 5.74) is 2.43. The number of likely N-dealkylation sites (tertiary alicyclic amines) is 1. The van der Waals surface area contributed by atoms with Crippen molar-refractivity contribution in [1.29, 1.82) is 0 Å². The van der Waals surface area contributed by atoms with Gasteiger partial charge in [-0.1, -0.05) is 25.8 Å². The molecule has 3 heteroatoms. The fourth-order valence-corrected chi connectivity index (χ4v) is 3.32. The Morgan fingerprint density at radius 3 is 2.62 bits per heavy atom. The van der Waals surface area contributed by atoms with Crippen molar-refractivity contribution in [2.24, 2.45) is 5.92 Å². The molecule has 2 fully saturated rings. The first-order valence-electron chi connectivity index (χ1n) is 8.74. The number of hydrogen-bond acceptors (Lipinski definition) is 3. The first kappa shape index (κ1) is 15.0. The second-order valence-electron chi connectivity index (χ2n) is 6.78. The van der Waals surface area contributed by atoms with Crippen LogP contribution in [0.5, 0.6) is 0 Å². The fraction of sp³-hybridized carbons (Fsp3) is 0.722. The van der Waals surface area contributed by atoms with E-state index in [1.165, 1.54) is 63.0 Å². The normalized spacial score (nSPS) is 20.8. The second kappa shape index (κ2) is 7.37. The molecule has 1 aliphatic carbocycles. The number of aromatic nitrogens is 1. The van der Waals surface area contributed by atoms with Crippen LogP contribution in [0.4, 0.5) is 0 Å². The minimum Gasteiger partial charge on any atom is -0.308 e. The summed E-state index contributed by atoms with van der Waals surface area (Å²) in [7, 11) is 0. The van der Waals surface area contributed by atoms with Gasteiger partial charge in [0.25, 0.3) is 0 Å². The number of hydrogen-bond donors (Lipinski definition) is 1. The number of pyridine rings is 1. The molecule has 116 valence electrons. The quantitative estimate of drug-likeness (QED) is 0.833. The Bertz CT molecular complexity index is 434. The Balaban J connectivity index is 1.47. The van der Waals surface area contributed by atoms with E-state index in [-0.39, 0.29) is 0 Å². The van der Waals surface area contributed by atoms with Crippen LogP contribution < -0.4 is 5.32 Å². The molecule has 0 amide bonds. The zero-order chi connectivity index (χ0) is 14.5. The predicted molar refractivity (Wildman–Crippen MR) is 87.0 cm³/mol. The van der Waals surface area contributed by atoms with Gasteiger partial charge in [-0.2, -0.15) is 0 Å². The van der Waals surface area contributed by atoms with Crippen LogP contribution in [0.3, 0.4) is 0 Å². The van der Waals surface area contributed by atoms with E-state index in [1.807, 2.05) is 0 Å². The summed E-state index contributed by atoms with van der Waals surface area (Å²) in [6.45, 7) is 6.75. The summed E-state index contributed by atoms with van der Waals surface area (Å²) in [6, 6.07) is 7.24. The van der Waals surface area contributed by atoms with Crippen LogP contribution in [0, 0.1) is 5.92 Å². The SMILES string of the molecule is CCCC1CCN(Cc2cccc(CNC3CC3)n2)CC1. The maximum Gasteiger partial charge on any atom is 0.0547 e. The highest BCUT2D eigenvalue weighted by Crippen LogP contribution is 2.22. The van der Waals surface area contributed by atoms with Gasteiger partial charge in [0.2, 0.25) is 0 Å². The van der Waals surface area contributed by atoms with Gasteiger partial charge in [0.15, 0.2) is 0 Å². The van der Waals surface area contributed by atoms with E-state index in [4.69, 9.17) is 4.98 Å². The van der Waals surface area contributed by atoms with E-state index >= 15 is 0 Å². The van der Waals surface area contributed by atoms with E-state index in [0.29, 0.717) is 0 Å². The molecule has 0 bridgehead atoms. The summed E-state index contributed by atoms with van der Waals surface area (Å²) in [4.78, 5) is 7.39. The maximum atomic E-state index is 4.82. The highest BCUT2D eigenvalue weighted by atomic mass is 15.1. The molecule has 0 atom stereocenters. The molecule has 0 aromatic carbocycles. The lowest BCUT2D eigenvalue weighted by molar-refractivity contribution is 0.170. The zero-order valence-corrected chi connectivity index (χ0v) is 13.4. The third-order valence-electron chi connectivity index (χ3n) is 4.80. The van der Waals surface area contributed by atoms with Gasteiger partial charge in [-0.3, -0.25) is 9.88 Å². The molecule has 21 heavy (non-hydrogen) atoms. The molecule has 0 radical (unpaired) electrons.